The van der Waals surface area contributed by atoms with Gasteiger partial charge in [0.15, 0.2) is 0 Å². The van der Waals surface area contributed by atoms with Gasteiger partial charge in [-0.3, -0.25) is 4.79 Å². The van der Waals surface area contributed by atoms with E-state index in [1.165, 1.54) is 19.3 Å². The zero-order valence-electron chi connectivity index (χ0n) is 9.31. The highest BCUT2D eigenvalue weighted by atomic mass is 35.5. The number of nitrogens with one attached hydrogen (secondary N) is 1. The molecule has 1 unspecified atom stereocenters. The first-order valence-electron chi connectivity index (χ1n) is 5.57. The SMILES string of the molecule is CCCCCCCC(=O)NCC(C)Cl. The predicted molar refractivity (Wildman–Crippen MR) is 61.7 cm³/mol. The third kappa shape index (κ3) is 9.85. The van der Waals surface area contributed by atoms with E-state index in [1.807, 2.05) is 6.92 Å². The standard InChI is InChI=1S/C11H22ClNO/c1-3-4-5-6-7-8-11(14)13-9-10(2)12/h10H,3-9H2,1-2H3,(H,13,14). The van der Waals surface area contributed by atoms with Crippen LogP contribution >= 0.6 is 11.6 Å². The summed E-state index contributed by atoms with van der Waals surface area (Å²) < 4.78 is 0. The van der Waals surface area contributed by atoms with Crippen molar-refractivity contribution < 1.29 is 4.79 Å². The molecule has 0 fully saturated rings. The number of alkyl halides is 1. The molecule has 0 heterocycles. The van der Waals surface area contributed by atoms with Gasteiger partial charge in [0.2, 0.25) is 5.91 Å². The fourth-order valence-electron chi connectivity index (χ4n) is 1.23. The summed E-state index contributed by atoms with van der Waals surface area (Å²) in [5, 5.41) is 2.83. The van der Waals surface area contributed by atoms with E-state index < -0.39 is 0 Å². The van der Waals surface area contributed by atoms with Gasteiger partial charge < -0.3 is 5.32 Å². The van der Waals surface area contributed by atoms with Crippen LogP contribution in [0.2, 0.25) is 0 Å². The molecule has 0 aromatic rings. The van der Waals surface area contributed by atoms with Crippen molar-refractivity contribution in [3.8, 4) is 0 Å². The van der Waals surface area contributed by atoms with Crippen LogP contribution in [-0.4, -0.2) is 17.8 Å². The molecule has 0 aliphatic rings. The van der Waals surface area contributed by atoms with Crippen LogP contribution in [0.1, 0.15) is 52.4 Å². The second-order valence-electron chi connectivity index (χ2n) is 3.75. The fourth-order valence-corrected chi connectivity index (χ4v) is 1.31. The van der Waals surface area contributed by atoms with Crippen molar-refractivity contribution in [3.63, 3.8) is 0 Å². The third-order valence-electron chi connectivity index (χ3n) is 2.09. The van der Waals surface area contributed by atoms with Gasteiger partial charge in [-0.2, -0.15) is 0 Å². The summed E-state index contributed by atoms with van der Waals surface area (Å²) in [5.74, 6) is 0.133. The van der Waals surface area contributed by atoms with E-state index in [0.29, 0.717) is 13.0 Å². The van der Waals surface area contributed by atoms with Gasteiger partial charge in [-0.25, -0.2) is 0 Å². The Balaban J connectivity index is 3.18. The molecule has 0 spiro atoms. The van der Waals surface area contributed by atoms with Crippen molar-refractivity contribution in [2.75, 3.05) is 6.54 Å². The molecular formula is C11H22ClNO. The summed E-state index contributed by atoms with van der Waals surface area (Å²) in [4.78, 5) is 11.2. The molecule has 0 saturated heterocycles. The topological polar surface area (TPSA) is 29.1 Å². The van der Waals surface area contributed by atoms with Crippen molar-refractivity contribution in [3.05, 3.63) is 0 Å². The minimum atomic E-state index is 0.0269. The molecule has 0 aliphatic heterocycles. The molecule has 0 bridgehead atoms. The Bertz CT molecular complexity index is 148. The van der Waals surface area contributed by atoms with Crippen molar-refractivity contribution in [2.45, 2.75) is 57.7 Å². The van der Waals surface area contributed by atoms with Crippen LogP contribution in [0.5, 0.6) is 0 Å². The highest BCUT2D eigenvalue weighted by Gasteiger charge is 2.02. The lowest BCUT2D eigenvalue weighted by atomic mass is 10.1. The fraction of sp³-hybridized carbons (Fsp3) is 0.909. The lowest BCUT2D eigenvalue weighted by Crippen LogP contribution is -2.28. The zero-order chi connectivity index (χ0) is 10.8. The average Bonchev–Trinajstić information content (AvgIpc) is 2.14. The van der Waals surface area contributed by atoms with Crippen LogP contribution in [0.15, 0.2) is 0 Å². The first-order valence-corrected chi connectivity index (χ1v) is 6.01. The van der Waals surface area contributed by atoms with Crippen LogP contribution in [-0.2, 0) is 4.79 Å². The molecule has 0 aromatic carbocycles. The second-order valence-corrected chi connectivity index (χ2v) is 4.49. The molecule has 1 atom stereocenters. The van der Waals surface area contributed by atoms with Gasteiger partial charge in [0.1, 0.15) is 0 Å². The van der Waals surface area contributed by atoms with Crippen LogP contribution in [0.4, 0.5) is 0 Å². The highest BCUT2D eigenvalue weighted by Crippen LogP contribution is 2.04. The molecule has 0 aliphatic carbocycles. The van der Waals surface area contributed by atoms with Gasteiger partial charge in [-0.1, -0.05) is 32.6 Å². The maximum atomic E-state index is 11.2. The Labute approximate surface area is 92.4 Å². The number of rotatable bonds is 8. The van der Waals surface area contributed by atoms with Crippen molar-refractivity contribution >= 4 is 17.5 Å². The molecule has 3 heteroatoms. The number of hydrogen-bond acceptors (Lipinski definition) is 1. The molecule has 0 aromatic heterocycles. The highest BCUT2D eigenvalue weighted by molar-refractivity contribution is 6.20. The van der Waals surface area contributed by atoms with E-state index in [-0.39, 0.29) is 11.3 Å². The van der Waals surface area contributed by atoms with Crippen molar-refractivity contribution in [2.24, 2.45) is 0 Å². The number of carbonyl (C=O) groups excluding carboxylic acids is 1. The van der Waals surface area contributed by atoms with Gasteiger partial charge in [-0.05, 0) is 13.3 Å². The summed E-state index contributed by atoms with van der Waals surface area (Å²) in [5.41, 5.74) is 0. The summed E-state index contributed by atoms with van der Waals surface area (Å²) in [7, 11) is 0. The Morgan fingerprint density at radius 3 is 2.50 bits per heavy atom. The van der Waals surface area contributed by atoms with Gasteiger partial charge in [-0.15, -0.1) is 11.6 Å². The van der Waals surface area contributed by atoms with Gasteiger partial charge in [0, 0.05) is 18.3 Å². The van der Waals surface area contributed by atoms with E-state index in [9.17, 15) is 4.79 Å². The summed E-state index contributed by atoms with van der Waals surface area (Å²) >= 11 is 5.71. The Morgan fingerprint density at radius 1 is 1.29 bits per heavy atom. The lowest BCUT2D eigenvalue weighted by molar-refractivity contribution is -0.121. The second kappa shape index (κ2) is 9.32. The maximum Gasteiger partial charge on any atom is 0.220 e. The van der Waals surface area contributed by atoms with Crippen LogP contribution in [0.25, 0.3) is 0 Å². The van der Waals surface area contributed by atoms with Gasteiger partial charge in [0.25, 0.3) is 0 Å². The molecule has 1 amide bonds. The Kier molecular flexibility index (Phi) is 9.16. The molecule has 84 valence electrons. The molecular weight excluding hydrogens is 198 g/mol. The van der Waals surface area contributed by atoms with E-state index in [4.69, 9.17) is 11.6 Å². The quantitative estimate of drug-likeness (QED) is 0.493. The van der Waals surface area contributed by atoms with E-state index in [2.05, 4.69) is 12.2 Å². The third-order valence-corrected chi connectivity index (χ3v) is 2.24. The first kappa shape index (κ1) is 13.8. The van der Waals surface area contributed by atoms with Gasteiger partial charge in [0.05, 0.1) is 0 Å². The Morgan fingerprint density at radius 2 is 1.93 bits per heavy atom. The number of hydrogen-bond donors (Lipinski definition) is 1. The van der Waals surface area contributed by atoms with Crippen molar-refractivity contribution in [1.29, 1.82) is 0 Å². The average molecular weight is 220 g/mol. The summed E-state index contributed by atoms with van der Waals surface area (Å²) in [6.45, 7) is 4.65. The predicted octanol–water partition coefficient (Wildman–Crippen LogP) is 3.09. The van der Waals surface area contributed by atoms with E-state index in [0.717, 1.165) is 12.8 Å². The number of amides is 1. The molecule has 0 rings (SSSR count). The maximum absolute atomic E-state index is 11.2. The first-order chi connectivity index (χ1) is 6.66. The van der Waals surface area contributed by atoms with Gasteiger partial charge >= 0.3 is 0 Å². The molecule has 14 heavy (non-hydrogen) atoms. The van der Waals surface area contributed by atoms with Crippen LogP contribution in [0.3, 0.4) is 0 Å². The number of unbranched alkanes of at least 4 members (excludes halogenated alkanes) is 4. The minimum Gasteiger partial charge on any atom is -0.355 e. The van der Waals surface area contributed by atoms with Crippen molar-refractivity contribution in [1.82, 2.24) is 5.32 Å². The monoisotopic (exact) mass is 219 g/mol. The minimum absolute atomic E-state index is 0.0269. The van der Waals surface area contributed by atoms with Crippen LogP contribution in [0, 0.1) is 0 Å². The molecule has 0 saturated carbocycles. The lowest BCUT2D eigenvalue weighted by Gasteiger charge is -2.05. The molecule has 1 N–H and O–H groups in total. The number of halogens is 1. The normalized spacial score (nSPS) is 12.5. The number of carbonyl (C=O) groups is 1. The zero-order valence-corrected chi connectivity index (χ0v) is 10.1. The molecule has 0 radical (unpaired) electrons. The summed E-state index contributed by atoms with van der Waals surface area (Å²) in [6.07, 6.45) is 6.58. The Hall–Kier alpha value is -0.240. The van der Waals surface area contributed by atoms with E-state index in [1.54, 1.807) is 0 Å². The van der Waals surface area contributed by atoms with Crippen LogP contribution < -0.4 is 5.32 Å². The largest absolute Gasteiger partial charge is 0.355 e. The smallest absolute Gasteiger partial charge is 0.220 e. The van der Waals surface area contributed by atoms with E-state index >= 15 is 0 Å². The summed E-state index contributed by atoms with van der Waals surface area (Å²) in [6, 6.07) is 0. The molecule has 2 nitrogen and oxygen atoms in total.